The predicted molar refractivity (Wildman–Crippen MR) is 130 cm³/mol. The molecule has 0 radical (unpaired) electrons. The largest absolute Gasteiger partial charge is 0.444 e. The molecule has 3 N–H and O–H groups in total. The van der Waals surface area contributed by atoms with Gasteiger partial charge in [0.05, 0.1) is 24.6 Å². The van der Waals surface area contributed by atoms with Crippen LogP contribution < -0.4 is 11.1 Å². The van der Waals surface area contributed by atoms with E-state index in [0.717, 1.165) is 5.39 Å². The molecule has 3 fully saturated rings. The van der Waals surface area contributed by atoms with E-state index >= 15 is 0 Å². The van der Waals surface area contributed by atoms with Gasteiger partial charge in [-0.05, 0) is 40.7 Å². The molecule has 5 atom stereocenters. The molecule has 0 saturated carbocycles. The second-order valence-electron chi connectivity index (χ2n) is 11.0. The van der Waals surface area contributed by atoms with E-state index < -0.39 is 23.7 Å². The SMILES string of the molecule is CC(C)(C)OC(=O)NC[C@@H]1COCCN1C[C@H]1O[C@@H](n2ccc3c(N)ncnc32)[C@@H]2OC(C)(C)O[C@@H]21. The number of nitrogens with zero attached hydrogens (tertiary/aromatic N) is 4. The summed E-state index contributed by atoms with van der Waals surface area (Å²) in [6, 6.07) is 1.86. The monoisotopic (exact) mass is 504 g/mol. The number of ether oxygens (including phenoxy) is 5. The van der Waals surface area contributed by atoms with Crippen molar-refractivity contribution in [1.29, 1.82) is 0 Å². The maximum atomic E-state index is 12.2. The van der Waals surface area contributed by atoms with Crippen molar-refractivity contribution in [3.05, 3.63) is 18.6 Å². The molecule has 12 heteroatoms. The van der Waals surface area contributed by atoms with Gasteiger partial charge in [-0.2, -0.15) is 0 Å². The van der Waals surface area contributed by atoms with Crippen LogP contribution in [-0.2, 0) is 23.7 Å². The summed E-state index contributed by atoms with van der Waals surface area (Å²) in [5.74, 6) is -0.322. The molecule has 3 saturated heterocycles. The molecule has 36 heavy (non-hydrogen) atoms. The summed E-state index contributed by atoms with van der Waals surface area (Å²) in [4.78, 5) is 23.0. The summed E-state index contributed by atoms with van der Waals surface area (Å²) in [7, 11) is 0. The number of anilines is 1. The Hall–Kier alpha value is -2.51. The third-order valence-electron chi connectivity index (χ3n) is 6.58. The van der Waals surface area contributed by atoms with Crippen LogP contribution in [-0.4, -0.2) is 94.1 Å². The number of carbonyl (C=O) groups is 1. The van der Waals surface area contributed by atoms with Gasteiger partial charge < -0.3 is 39.3 Å². The molecule has 1 amide bonds. The topological polar surface area (TPSA) is 135 Å². The maximum Gasteiger partial charge on any atom is 0.407 e. The molecule has 2 aromatic heterocycles. The minimum atomic E-state index is -0.741. The number of alkyl carbamates (subject to hydrolysis) is 1. The number of nitrogen functional groups attached to an aromatic ring is 1. The van der Waals surface area contributed by atoms with Crippen molar-refractivity contribution in [3.63, 3.8) is 0 Å². The van der Waals surface area contributed by atoms with Crippen LogP contribution in [0.3, 0.4) is 0 Å². The molecule has 0 bridgehead atoms. The summed E-state index contributed by atoms with van der Waals surface area (Å²) in [6.07, 6.45) is 1.61. The molecular formula is C24H36N6O6. The van der Waals surface area contributed by atoms with Gasteiger partial charge in [0.2, 0.25) is 0 Å². The second-order valence-corrected chi connectivity index (χ2v) is 11.0. The van der Waals surface area contributed by atoms with Gasteiger partial charge in [0.1, 0.15) is 41.7 Å². The number of amides is 1. The Labute approximate surface area is 210 Å². The number of morpholine rings is 1. The second kappa shape index (κ2) is 9.42. The number of aromatic nitrogens is 3. The van der Waals surface area contributed by atoms with Crippen molar-refractivity contribution in [1.82, 2.24) is 24.8 Å². The quantitative estimate of drug-likeness (QED) is 0.619. The maximum absolute atomic E-state index is 12.2. The van der Waals surface area contributed by atoms with Crippen molar-refractivity contribution in [3.8, 4) is 0 Å². The highest BCUT2D eigenvalue weighted by molar-refractivity contribution is 5.86. The normalized spacial score (nSPS) is 30.4. The summed E-state index contributed by atoms with van der Waals surface area (Å²) in [5.41, 5.74) is 6.18. The Morgan fingerprint density at radius 2 is 2.06 bits per heavy atom. The van der Waals surface area contributed by atoms with Crippen LogP contribution in [0.4, 0.5) is 10.6 Å². The fourth-order valence-electron chi connectivity index (χ4n) is 5.09. The number of hydrogen-bond donors (Lipinski definition) is 2. The van der Waals surface area contributed by atoms with Gasteiger partial charge in [0, 0.05) is 25.8 Å². The fraction of sp³-hybridized carbons (Fsp3) is 0.708. The molecule has 198 valence electrons. The average Bonchev–Trinajstić information content (AvgIpc) is 3.44. The van der Waals surface area contributed by atoms with E-state index in [1.165, 1.54) is 6.33 Å². The third kappa shape index (κ3) is 5.14. The number of carbonyl (C=O) groups excluding carboxylic acids is 1. The lowest BCUT2D eigenvalue weighted by atomic mass is 10.1. The lowest BCUT2D eigenvalue weighted by molar-refractivity contribution is -0.199. The van der Waals surface area contributed by atoms with E-state index in [9.17, 15) is 4.79 Å². The summed E-state index contributed by atoms with van der Waals surface area (Å²) in [5, 5.41) is 3.63. The van der Waals surface area contributed by atoms with E-state index in [2.05, 4.69) is 20.2 Å². The molecule has 0 aliphatic carbocycles. The highest BCUT2D eigenvalue weighted by atomic mass is 16.8. The Balaban J connectivity index is 1.32. The molecule has 3 aliphatic rings. The Bertz CT molecular complexity index is 1100. The first-order valence-corrected chi connectivity index (χ1v) is 12.4. The molecule has 2 aromatic rings. The molecular weight excluding hydrogens is 468 g/mol. The van der Waals surface area contributed by atoms with Crippen LogP contribution in [0.1, 0.15) is 40.8 Å². The Morgan fingerprint density at radius 3 is 2.83 bits per heavy atom. The van der Waals surface area contributed by atoms with Crippen LogP contribution in [0.15, 0.2) is 18.6 Å². The van der Waals surface area contributed by atoms with Gasteiger partial charge in [0.15, 0.2) is 12.0 Å². The van der Waals surface area contributed by atoms with Crippen LogP contribution in [0.5, 0.6) is 0 Å². The zero-order valence-electron chi connectivity index (χ0n) is 21.5. The fourth-order valence-corrected chi connectivity index (χ4v) is 5.09. The Kier molecular flexibility index (Phi) is 6.58. The van der Waals surface area contributed by atoms with Gasteiger partial charge in [-0.1, -0.05) is 0 Å². The van der Waals surface area contributed by atoms with Crippen LogP contribution in [0, 0.1) is 0 Å². The van der Waals surface area contributed by atoms with E-state index in [-0.39, 0.29) is 24.4 Å². The van der Waals surface area contributed by atoms with Gasteiger partial charge in [-0.25, -0.2) is 14.8 Å². The number of rotatable bonds is 5. The lowest BCUT2D eigenvalue weighted by Gasteiger charge is -2.37. The van der Waals surface area contributed by atoms with E-state index in [4.69, 9.17) is 29.4 Å². The molecule has 5 rings (SSSR count). The van der Waals surface area contributed by atoms with Gasteiger partial charge in [0.25, 0.3) is 0 Å². The van der Waals surface area contributed by atoms with Crippen molar-refractivity contribution >= 4 is 22.9 Å². The summed E-state index contributed by atoms with van der Waals surface area (Å²) in [6.45, 7) is 12.2. The summed E-state index contributed by atoms with van der Waals surface area (Å²) < 4.78 is 32.2. The number of nitrogens with two attached hydrogens (primary N) is 1. The third-order valence-corrected chi connectivity index (χ3v) is 6.58. The zero-order valence-corrected chi connectivity index (χ0v) is 21.5. The van der Waals surface area contributed by atoms with Crippen molar-refractivity contribution in [2.45, 2.75) is 76.6 Å². The van der Waals surface area contributed by atoms with Crippen molar-refractivity contribution in [2.75, 3.05) is 38.6 Å². The molecule has 3 aliphatic heterocycles. The zero-order chi connectivity index (χ0) is 25.7. The minimum Gasteiger partial charge on any atom is -0.444 e. The first kappa shape index (κ1) is 25.2. The first-order valence-electron chi connectivity index (χ1n) is 12.4. The van der Waals surface area contributed by atoms with E-state index in [0.29, 0.717) is 44.3 Å². The highest BCUT2D eigenvalue weighted by Crippen LogP contribution is 2.44. The minimum absolute atomic E-state index is 0.0253. The molecule has 12 nitrogen and oxygen atoms in total. The van der Waals surface area contributed by atoms with E-state index in [1.54, 1.807) is 0 Å². The molecule has 0 aromatic carbocycles. The number of hydrogen-bond acceptors (Lipinski definition) is 10. The summed E-state index contributed by atoms with van der Waals surface area (Å²) >= 11 is 0. The first-order chi connectivity index (χ1) is 17.0. The van der Waals surface area contributed by atoms with Gasteiger partial charge in [-0.3, -0.25) is 4.90 Å². The molecule has 0 unspecified atom stereocenters. The Morgan fingerprint density at radius 1 is 1.28 bits per heavy atom. The number of fused-ring (bicyclic) bond motifs is 2. The van der Waals surface area contributed by atoms with Crippen molar-refractivity contribution in [2.24, 2.45) is 0 Å². The van der Waals surface area contributed by atoms with Crippen LogP contribution in [0.25, 0.3) is 11.0 Å². The van der Waals surface area contributed by atoms with Gasteiger partial charge in [-0.15, -0.1) is 0 Å². The molecule has 0 spiro atoms. The van der Waals surface area contributed by atoms with Crippen LogP contribution in [0.2, 0.25) is 0 Å². The molecule has 5 heterocycles. The lowest BCUT2D eigenvalue weighted by Crippen LogP contribution is -2.54. The van der Waals surface area contributed by atoms with Gasteiger partial charge >= 0.3 is 6.09 Å². The van der Waals surface area contributed by atoms with E-state index in [1.807, 2.05) is 51.4 Å². The number of nitrogens with one attached hydrogen (secondary N) is 1. The highest BCUT2D eigenvalue weighted by Gasteiger charge is 2.56. The smallest absolute Gasteiger partial charge is 0.407 e. The van der Waals surface area contributed by atoms with Crippen LogP contribution >= 0.6 is 0 Å². The standard InChI is InChI=1S/C24H36N6O6/c1-23(2,3)36-22(31)26-10-14-12-32-9-8-29(14)11-16-17-18(35-24(4,5)34-17)21(33-16)30-7-6-15-19(25)27-13-28-20(15)30/h6-7,13-14,16-18,21H,8-12H2,1-5H3,(H,26,31)(H2,25,27,28)/t14-,16-,17-,18-,21-/m1/s1. The average molecular weight is 505 g/mol. The van der Waals surface area contributed by atoms with Crippen molar-refractivity contribution < 1.29 is 28.5 Å². The predicted octanol–water partition coefficient (Wildman–Crippen LogP) is 1.66.